The van der Waals surface area contributed by atoms with Gasteiger partial charge in [0.1, 0.15) is 18.2 Å². The fourth-order valence-corrected chi connectivity index (χ4v) is 3.40. The van der Waals surface area contributed by atoms with Crippen LogP contribution in [0.5, 0.6) is 5.75 Å². The van der Waals surface area contributed by atoms with Gasteiger partial charge in [-0.15, -0.1) is 0 Å². The minimum Gasteiger partial charge on any atom is -0.492 e. The van der Waals surface area contributed by atoms with Gasteiger partial charge in [-0.3, -0.25) is 0 Å². The quantitative estimate of drug-likeness (QED) is 0.724. The smallest absolute Gasteiger partial charge is 0.417 e. The van der Waals surface area contributed by atoms with E-state index < -0.39 is 32.5 Å². The average molecular weight is 377 g/mol. The largest absolute Gasteiger partial charge is 0.492 e. The first-order valence-corrected chi connectivity index (χ1v) is 8.57. The lowest BCUT2D eigenvalue weighted by Crippen LogP contribution is -2.32. The maximum Gasteiger partial charge on any atom is 0.417 e. The molecule has 0 bridgehead atoms. The van der Waals surface area contributed by atoms with Crippen LogP contribution in [0.25, 0.3) is 0 Å². The number of sulfonamides is 1. The fourth-order valence-electron chi connectivity index (χ4n) is 2.04. The summed E-state index contributed by atoms with van der Waals surface area (Å²) in [5.41, 5.74) is -1.22. The highest BCUT2D eigenvalue weighted by Gasteiger charge is 2.38. The normalized spacial score (nSPS) is 12.4. The van der Waals surface area contributed by atoms with Crippen molar-refractivity contribution in [3.63, 3.8) is 0 Å². The Morgan fingerprint density at radius 2 is 1.64 bits per heavy atom. The van der Waals surface area contributed by atoms with Crippen molar-refractivity contribution in [1.29, 1.82) is 0 Å². The molecule has 4 nitrogen and oxygen atoms in total. The first-order valence-electron chi connectivity index (χ1n) is 7.13. The highest BCUT2D eigenvalue weighted by Crippen LogP contribution is 2.34. The zero-order valence-electron chi connectivity index (χ0n) is 13.1. The maximum atomic E-state index is 13.0. The van der Waals surface area contributed by atoms with Gasteiger partial charge in [0.25, 0.3) is 0 Å². The van der Waals surface area contributed by atoms with Gasteiger partial charge in [0.2, 0.25) is 10.0 Å². The highest BCUT2D eigenvalue weighted by atomic mass is 32.2. The van der Waals surface area contributed by atoms with E-state index in [2.05, 4.69) is 0 Å². The van der Waals surface area contributed by atoms with Crippen LogP contribution < -0.4 is 4.74 Å². The number of hydrogen-bond acceptors (Lipinski definition) is 3. The van der Waals surface area contributed by atoms with Crippen LogP contribution in [0.1, 0.15) is 5.56 Å². The van der Waals surface area contributed by atoms with Crippen LogP contribution >= 0.6 is 0 Å². The van der Waals surface area contributed by atoms with Crippen LogP contribution in [0, 0.1) is 5.82 Å². The van der Waals surface area contributed by atoms with E-state index in [0.29, 0.717) is 5.75 Å². The van der Waals surface area contributed by atoms with Gasteiger partial charge in [-0.05, 0) is 36.4 Å². The molecule has 0 heterocycles. The molecule has 0 amide bonds. The first-order chi connectivity index (χ1) is 11.6. The highest BCUT2D eigenvalue weighted by molar-refractivity contribution is 7.89. The average Bonchev–Trinajstić information content (AvgIpc) is 2.55. The molecule has 0 spiro atoms. The molecule has 0 aliphatic carbocycles. The lowest BCUT2D eigenvalue weighted by atomic mass is 10.2. The zero-order valence-corrected chi connectivity index (χ0v) is 13.9. The molecule has 0 unspecified atom stereocenters. The first kappa shape index (κ1) is 19.2. The molecule has 0 N–H and O–H groups in total. The molecule has 0 radical (unpaired) electrons. The third-order valence-corrected chi connectivity index (χ3v) is 5.28. The summed E-state index contributed by atoms with van der Waals surface area (Å²) in [4.78, 5) is -0.813. The van der Waals surface area contributed by atoms with E-state index in [4.69, 9.17) is 4.74 Å². The van der Waals surface area contributed by atoms with Crippen molar-refractivity contribution in [1.82, 2.24) is 4.31 Å². The Morgan fingerprint density at radius 1 is 1.04 bits per heavy atom. The van der Waals surface area contributed by atoms with Crippen molar-refractivity contribution in [3.05, 3.63) is 59.9 Å². The van der Waals surface area contributed by atoms with Gasteiger partial charge in [-0.25, -0.2) is 12.8 Å². The van der Waals surface area contributed by atoms with E-state index in [9.17, 15) is 26.0 Å². The SMILES string of the molecule is CN(CCOc1ccc(F)cc1)S(=O)(=O)c1ccccc1C(F)(F)F. The summed E-state index contributed by atoms with van der Waals surface area (Å²) >= 11 is 0. The van der Waals surface area contributed by atoms with Gasteiger partial charge in [-0.1, -0.05) is 12.1 Å². The predicted molar refractivity (Wildman–Crippen MR) is 83.2 cm³/mol. The monoisotopic (exact) mass is 377 g/mol. The second-order valence-corrected chi connectivity index (χ2v) is 7.14. The van der Waals surface area contributed by atoms with Crippen LogP contribution in [0.15, 0.2) is 53.4 Å². The standard InChI is InChI=1S/C16H15F4NO3S/c1-21(10-11-24-13-8-6-12(17)7-9-13)25(22,23)15-5-3-2-4-14(15)16(18,19)20/h2-9H,10-11H2,1H3. The van der Waals surface area contributed by atoms with Crippen LogP contribution in [-0.2, 0) is 16.2 Å². The molecule has 2 aromatic carbocycles. The number of rotatable bonds is 6. The summed E-state index contributed by atoms with van der Waals surface area (Å²) < 4.78 is 82.7. The molecule has 25 heavy (non-hydrogen) atoms. The molecule has 0 aliphatic rings. The lowest BCUT2D eigenvalue weighted by molar-refractivity contribution is -0.139. The minimum atomic E-state index is -4.78. The van der Waals surface area contributed by atoms with Crippen molar-refractivity contribution in [2.75, 3.05) is 20.2 Å². The van der Waals surface area contributed by atoms with Crippen molar-refractivity contribution < 1.29 is 30.7 Å². The van der Waals surface area contributed by atoms with Gasteiger partial charge in [0.15, 0.2) is 0 Å². The molecule has 136 valence electrons. The topological polar surface area (TPSA) is 46.6 Å². The summed E-state index contributed by atoms with van der Waals surface area (Å²) in [6.45, 7) is -0.276. The van der Waals surface area contributed by atoms with E-state index in [1.807, 2.05) is 0 Å². The van der Waals surface area contributed by atoms with E-state index >= 15 is 0 Å². The summed E-state index contributed by atoms with van der Waals surface area (Å²) in [7, 11) is -3.18. The minimum absolute atomic E-state index is 0.102. The number of halogens is 4. The molecule has 0 aliphatic heterocycles. The second-order valence-electron chi connectivity index (χ2n) is 5.12. The van der Waals surface area contributed by atoms with Crippen molar-refractivity contribution in [3.8, 4) is 5.75 Å². The number of benzene rings is 2. The van der Waals surface area contributed by atoms with E-state index in [1.165, 1.54) is 30.3 Å². The molecule has 0 aromatic heterocycles. The Kier molecular flexibility index (Phi) is 5.69. The van der Waals surface area contributed by atoms with Gasteiger partial charge in [0.05, 0.1) is 10.5 Å². The Balaban J connectivity index is 2.10. The molecule has 0 saturated carbocycles. The molecule has 9 heteroatoms. The molecular weight excluding hydrogens is 362 g/mol. The molecule has 0 atom stereocenters. The van der Waals surface area contributed by atoms with Crippen LogP contribution in [-0.4, -0.2) is 32.9 Å². The molecule has 0 saturated heterocycles. The van der Waals surface area contributed by atoms with E-state index in [0.717, 1.165) is 29.6 Å². The third kappa shape index (κ3) is 4.70. The van der Waals surface area contributed by atoms with Crippen molar-refractivity contribution in [2.24, 2.45) is 0 Å². The Labute approximate surface area is 142 Å². The number of alkyl halides is 3. The molecule has 0 fully saturated rings. The summed E-state index contributed by atoms with van der Waals surface area (Å²) in [5.74, 6) is -0.126. The van der Waals surface area contributed by atoms with E-state index in [1.54, 1.807) is 0 Å². The van der Waals surface area contributed by atoms with Crippen molar-refractivity contribution >= 4 is 10.0 Å². The Morgan fingerprint density at radius 3 is 2.24 bits per heavy atom. The fraction of sp³-hybridized carbons (Fsp3) is 0.250. The van der Waals surface area contributed by atoms with Gasteiger partial charge < -0.3 is 4.74 Å². The van der Waals surface area contributed by atoms with Crippen LogP contribution in [0.4, 0.5) is 17.6 Å². The maximum absolute atomic E-state index is 13.0. The number of hydrogen-bond donors (Lipinski definition) is 0. The summed E-state index contributed by atoms with van der Waals surface area (Å²) in [6, 6.07) is 9.06. The number of ether oxygens (including phenoxy) is 1. The van der Waals surface area contributed by atoms with Crippen molar-refractivity contribution in [2.45, 2.75) is 11.1 Å². The zero-order chi connectivity index (χ0) is 18.7. The van der Waals surface area contributed by atoms with Gasteiger partial charge in [-0.2, -0.15) is 17.5 Å². The predicted octanol–water partition coefficient (Wildman–Crippen LogP) is 3.54. The Hall–Kier alpha value is -2.13. The van der Waals surface area contributed by atoms with Crippen LogP contribution in [0.2, 0.25) is 0 Å². The molecule has 2 rings (SSSR count). The molecular formula is C16H15F4NO3S. The van der Waals surface area contributed by atoms with E-state index in [-0.39, 0.29) is 13.2 Å². The van der Waals surface area contributed by atoms with Crippen LogP contribution in [0.3, 0.4) is 0 Å². The lowest BCUT2D eigenvalue weighted by Gasteiger charge is -2.20. The van der Waals surface area contributed by atoms with Gasteiger partial charge >= 0.3 is 6.18 Å². The molecule has 2 aromatic rings. The Bertz CT molecular complexity index is 820. The van der Waals surface area contributed by atoms with Gasteiger partial charge in [0, 0.05) is 13.6 Å². The number of likely N-dealkylation sites (N-methyl/N-ethyl adjacent to an activating group) is 1. The summed E-state index contributed by atoms with van der Waals surface area (Å²) in [6.07, 6.45) is -4.78. The number of nitrogens with zero attached hydrogens (tertiary/aromatic N) is 1. The summed E-state index contributed by atoms with van der Waals surface area (Å²) in [5, 5.41) is 0. The third-order valence-electron chi connectivity index (χ3n) is 3.37. The second kappa shape index (κ2) is 7.40.